The highest BCUT2D eigenvalue weighted by atomic mass is 32.2. The van der Waals surface area contributed by atoms with Gasteiger partial charge in [-0.3, -0.25) is 14.2 Å². The Morgan fingerprint density at radius 3 is 2.69 bits per heavy atom. The summed E-state index contributed by atoms with van der Waals surface area (Å²) >= 11 is 4.52. The number of thioether (sulfide) groups is 1. The van der Waals surface area contributed by atoms with Crippen LogP contribution in [0, 0.1) is 28.6 Å². The van der Waals surface area contributed by atoms with Gasteiger partial charge in [0.25, 0.3) is 5.56 Å². The van der Waals surface area contributed by atoms with Crippen LogP contribution >= 0.6 is 34.4 Å². The molecule has 3 aromatic rings. The normalized spacial score (nSPS) is 17.2. The molecule has 6 nitrogen and oxygen atoms in total. The number of nitriles is 1. The zero-order chi connectivity index (χ0) is 27.9. The van der Waals surface area contributed by atoms with Crippen molar-refractivity contribution in [1.29, 1.82) is 5.26 Å². The quantitative estimate of drug-likeness (QED) is 0.224. The standard InChI is InChI=1S/C30H38N4O2S3/c1-6-30(4,5)18-11-12-19-21(14-31)26(39-23(19)13-18)32-24(35)16-37-29-33-27-25(28(36)34(29)15-17(2)3)20-9-7-8-10-22(20)38-27/h17-18H,6-13,15-16H2,1-5H3,(H,32,35). The van der Waals surface area contributed by atoms with E-state index in [1.54, 1.807) is 27.2 Å². The zero-order valence-corrected chi connectivity index (χ0v) is 26.1. The van der Waals surface area contributed by atoms with Crippen LogP contribution in [0.1, 0.15) is 86.7 Å². The van der Waals surface area contributed by atoms with Crippen molar-refractivity contribution in [2.45, 2.75) is 97.7 Å². The smallest absolute Gasteiger partial charge is 0.263 e. The van der Waals surface area contributed by atoms with E-state index in [9.17, 15) is 14.9 Å². The summed E-state index contributed by atoms with van der Waals surface area (Å²) in [7, 11) is 0. The summed E-state index contributed by atoms with van der Waals surface area (Å²) in [6.45, 7) is 11.7. The molecule has 2 aliphatic carbocycles. The average molecular weight is 583 g/mol. The van der Waals surface area contributed by atoms with Crippen LogP contribution < -0.4 is 10.9 Å². The highest BCUT2D eigenvalue weighted by molar-refractivity contribution is 7.99. The number of aromatic nitrogens is 2. The minimum Gasteiger partial charge on any atom is -0.316 e. The molecule has 1 atom stereocenters. The van der Waals surface area contributed by atoms with Gasteiger partial charge >= 0.3 is 0 Å². The van der Waals surface area contributed by atoms with Crippen LogP contribution in [0.2, 0.25) is 0 Å². The molecule has 3 heterocycles. The number of carbonyl (C=O) groups excluding carboxylic acids is 1. The highest BCUT2D eigenvalue weighted by Gasteiger charge is 2.34. The van der Waals surface area contributed by atoms with Crippen molar-refractivity contribution in [1.82, 2.24) is 9.55 Å². The fourth-order valence-corrected chi connectivity index (χ4v) is 9.30. The monoisotopic (exact) mass is 582 g/mol. The Labute approximate surface area is 243 Å². The van der Waals surface area contributed by atoms with E-state index in [2.05, 4.69) is 46.0 Å². The topological polar surface area (TPSA) is 87.8 Å². The SMILES string of the molecule is CCC(C)(C)C1CCc2c(sc(NC(=O)CSc3nc4sc5c(c4c(=O)n3CC(C)C)CCCC5)c2C#N)C1. The molecule has 0 aliphatic heterocycles. The van der Waals surface area contributed by atoms with Crippen LogP contribution in [0.5, 0.6) is 0 Å². The van der Waals surface area contributed by atoms with Crippen LogP contribution in [-0.4, -0.2) is 21.2 Å². The van der Waals surface area contributed by atoms with E-state index >= 15 is 0 Å². The summed E-state index contributed by atoms with van der Waals surface area (Å²) in [5.41, 5.74) is 3.23. The van der Waals surface area contributed by atoms with E-state index in [-0.39, 0.29) is 28.6 Å². The van der Waals surface area contributed by atoms with Crippen LogP contribution in [0.4, 0.5) is 5.00 Å². The van der Waals surface area contributed by atoms with Gasteiger partial charge in [0.05, 0.1) is 16.7 Å². The number of aryl methyl sites for hydroxylation is 2. The van der Waals surface area contributed by atoms with Gasteiger partial charge in [-0.1, -0.05) is 52.8 Å². The molecule has 3 aromatic heterocycles. The molecule has 1 N–H and O–H groups in total. The third kappa shape index (κ3) is 5.57. The number of fused-ring (bicyclic) bond motifs is 4. The van der Waals surface area contributed by atoms with Crippen molar-refractivity contribution in [3.8, 4) is 6.07 Å². The van der Waals surface area contributed by atoms with E-state index in [1.807, 2.05) is 0 Å². The fourth-order valence-electron chi connectivity index (χ4n) is 5.90. The minimum atomic E-state index is -0.170. The Balaban J connectivity index is 1.36. The maximum atomic E-state index is 13.6. The Morgan fingerprint density at radius 2 is 1.97 bits per heavy atom. The minimum absolute atomic E-state index is 0.0262. The largest absolute Gasteiger partial charge is 0.316 e. The fraction of sp³-hybridized carbons (Fsp3) is 0.600. The van der Waals surface area contributed by atoms with Gasteiger partial charge in [-0.2, -0.15) is 5.26 Å². The maximum absolute atomic E-state index is 13.6. The highest BCUT2D eigenvalue weighted by Crippen LogP contribution is 2.45. The van der Waals surface area contributed by atoms with Gasteiger partial charge in [0.15, 0.2) is 5.16 Å². The van der Waals surface area contributed by atoms with Gasteiger partial charge in [0, 0.05) is 16.3 Å². The lowest BCUT2D eigenvalue weighted by atomic mass is 9.69. The molecular formula is C30H38N4O2S3. The molecule has 208 valence electrons. The van der Waals surface area contributed by atoms with Crippen molar-refractivity contribution in [3.63, 3.8) is 0 Å². The predicted octanol–water partition coefficient (Wildman–Crippen LogP) is 7.20. The van der Waals surface area contributed by atoms with Crippen molar-refractivity contribution >= 4 is 55.6 Å². The van der Waals surface area contributed by atoms with Crippen molar-refractivity contribution in [3.05, 3.63) is 36.8 Å². The number of amides is 1. The van der Waals surface area contributed by atoms with Gasteiger partial charge in [0.1, 0.15) is 15.9 Å². The lowest BCUT2D eigenvalue weighted by Crippen LogP contribution is -2.28. The van der Waals surface area contributed by atoms with Gasteiger partial charge < -0.3 is 5.32 Å². The second-order valence-electron chi connectivity index (χ2n) is 12.0. The summed E-state index contributed by atoms with van der Waals surface area (Å²) in [4.78, 5) is 35.0. The number of carbonyl (C=O) groups is 1. The first-order valence-corrected chi connectivity index (χ1v) is 16.8. The second-order valence-corrected chi connectivity index (χ2v) is 15.2. The lowest BCUT2D eigenvalue weighted by molar-refractivity contribution is -0.113. The molecule has 1 amide bonds. The van der Waals surface area contributed by atoms with Crippen LogP contribution in [0.3, 0.4) is 0 Å². The average Bonchev–Trinajstić information content (AvgIpc) is 3.45. The Morgan fingerprint density at radius 1 is 1.21 bits per heavy atom. The lowest BCUT2D eigenvalue weighted by Gasteiger charge is -2.36. The van der Waals surface area contributed by atoms with Crippen molar-refractivity contribution < 1.29 is 4.79 Å². The first kappa shape index (κ1) is 28.4. The summed E-state index contributed by atoms with van der Waals surface area (Å²) in [6.07, 6.45) is 8.32. The molecular weight excluding hydrogens is 545 g/mol. The van der Waals surface area contributed by atoms with Crippen LogP contribution in [0.15, 0.2) is 9.95 Å². The predicted molar refractivity (Wildman–Crippen MR) is 163 cm³/mol. The van der Waals surface area contributed by atoms with E-state index in [4.69, 9.17) is 4.98 Å². The van der Waals surface area contributed by atoms with E-state index in [0.717, 1.165) is 67.1 Å². The van der Waals surface area contributed by atoms with Crippen LogP contribution in [-0.2, 0) is 37.0 Å². The number of hydrogen-bond acceptors (Lipinski definition) is 7. The summed E-state index contributed by atoms with van der Waals surface area (Å²) in [5, 5.41) is 15.0. The van der Waals surface area contributed by atoms with Gasteiger partial charge in [0.2, 0.25) is 5.91 Å². The number of thiophene rings is 2. The van der Waals surface area contributed by atoms with Crippen molar-refractivity contribution in [2.24, 2.45) is 17.3 Å². The number of anilines is 1. The number of rotatable bonds is 8. The summed E-state index contributed by atoms with van der Waals surface area (Å²) in [6, 6.07) is 2.36. The second kappa shape index (κ2) is 11.4. The molecule has 5 rings (SSSR count). The molecule has 0 fully saturated rings. The molecule has 9 heteroatoms. The molecule has 0 aromatic carbocycles. The molecule has 2 aliphatic rings. The zero-order valence-electron chi connectivity index (χ0n) is 23.6. The van der Waals surface area contributed by atoms with Gasteiger partial charge in [-0.25, -0.2) is 4.98 Å². The van der Waals surface area contributed by atoms with Crippen molar-refractivity contribution in [2.75, 3.05) is 11.1 Å². The summed E-state index contributed by atoms with van der Waals surface area (Å²) < 4.78 is 1.77. The van der Waals surface area contributed by atoms with E-state index < -0.39 is 0 Å². The van der Waals surface area contributed by atoms with E-state index in [0.29, 0.717) is 28.2 Å². The van der Waals surface area contributed by atoms with Gasteiger partial charge in [-0.05, 0) is 73.3 Å². The third-order valence-corrected chi connectivity index (χ3v) is 11.9. The molecule has 0 bridgehead atoms. The first-order chi connectivity index (χ1) is 18.6. The third-order valence-electron chi connectivity index (χ3n) is 8.57. The summed E-state index contributed by atoms with van der Waals surface area (Å²) in [5.74, 6) is 0.833. The maximum Gasteiger partial charge on any atom is 0.263 e. The Hall–Kier alpha value is -2.15. The number of nitrogens with zero attached hydrogens (tertiary/aromatic N) is 3. The van der Waals surface area contributed by atoms with Gasteiger partial charge in [-0.15, -0.1) is 22.7 Å². The van der Waals surface area contributed by atoms with E-state index in [1.165, 1.54) is 27.1 Å². The molecule has 0 spiro atoms. The first-order valence-electron chi connectivity index (χ1n) is 14.1. The molecule has 39 heavy (non-hydrogen) atoms. The molecule has 0 saturated heterocycles. The molecule has 0 radical (unpaired) electrons. The Kier molecular flexibility index (Phi) is 8.28. The molecule has 0 saturated carbocycles. The van der Waals surface area contributed by atoms with Crippen LogP contribution in [0.25, 0.3) is 10.2 Å². The molecule has 1 unspecified atom stereocenters. The number of hydrogen-bond donors (Lipinski definition) is 1. The number of nitrogens with one attached hydrogen (secondary N) is 1. The Bertz CT molecular complexity index is 1510.